The van der Waals surface area contributed by atoms with Crippen molar-refractivity contribution in [2.24, 2.45) is 11.1 Å². The first-order valence-electron chi connectivity index (χ1n) is 5.20. The van der Waals surface area contributed by atoms with Crippen LogP contribution in [0.15, 0.2) is 35.0 Å². The van der Waals surface area contributed by atoms with Gasteiger partial charge in [0.1, 0.15) is 5.82 Å². The summed E-state index contributed by atoms with van der Waals surface area (Å²) in [5.41, 5.74) is 2.41. The van der Waals surface area contributed by atoms with Crippen LogP contribution in [0.2, 0.25) is 0 Å². The average molecular weight is 221 g/mol. The monoisotopic (exact) mass is 221 g/mol. The van der Waals surface area contributed by atoms with Gasteiger partial charge in [0.2, 0.25) is 0 Å². The van der Waals surface area contributed by atoms with E-state index in [0.717, 1.165) is 11.1 Å². The number of hydrogen-bond donors (Lipinski definition) is 1. The number of rotatable bonds is 3. The molecule has 0 bridgehead atoms. The quantitative estimate of drug-likeness (QED) is 0.471. The molecule has 3 heteroatoms. The van der Waals surface area contributed by atoms with Crippen molar-refractivity contribution in [1.29, 1.82) is 0 Å². The molecule has 0 aliphatic heterocycles. The number of hydrogen-bond acceptors (Lipinski definition) is 2. The Hall–Kier alpha value is -1.64. The lowest BCUT2D eigenvalue weighted by Gasteiger charge is -2.08. The Morgan fingerprint density at radius 3 is 2.31 bits per heavy atom. The van der Waals surface area contributed by atoms with Gasteiger partial charge in [-0.1, -0.05) is 37.2 Å². The normalized spacial score (nSPS) is 13.3. The van der Waals surface area contributed by atoms with E-state index in [1.165, 1.54) is 12.1 Å². The fourth-order valence-corrected chi connectivity index (χ4v) is 1.53. The van der Waals surface area contributed by atoms with Crippen molar-refractivity contribution in [2.45, 2.75) is 20.8 Å². The molecule has 0 heterocycles. The van der Waals surface area contributed by atoms with Gasteiger partial charge in [0, 0.05) is 0 Å². The van der Waals surface area contributed by atoms with Gasteiger partial charge in [0.25, 0.3) is 0 Å². The van der Waals surface area contributed by atoms with Crippen LogP contribution in [0.4, 0.5) is 4.39 Å². The molecule has 0 saturated heterocycles. The third kappa shape index (κ3) is 3.19. The van der Waals surface area contributed by atoms with E-state index in [1.54, 1.807) is 12.1 Å². The Kier molecular flexibility index (Phi) is 4.23. The van der Waals surface area contributed by atoms with Crippen LogP contribution in [-0.4, -0.2) is 10.9 Å². The number of benzene rings is 1. The van der Waals surface area contributed by atoms with E-state index in [1.807, 2.05) is 26.8 Å². The maximum atomic E-state index is 12.7. The molecule has 1 rings (SSSR count). The molecule has 1 aromatic carbocycles. The predicted molar refractivity (Wildman–Crippen MR) is 64.1 cm³/mol. The Bertz CT molecular complexity index is 404. The molecule has 0 amide bonds. The van der Waals surface area contributed by atoms with Crippen molar-refractivity contribution in [2.75, 3.05) is 0 Å². The first-order valence-corrected chi connectivity index (χ1v) is 5.20. The molecular weight excluding hydrogens is 205 g/mol. The van der Waals surface area contributed by atoms with Crippen molar-refractivity contribution >= 4 is 11.8 Å². The SMILES string of the molecule is CC(=C\c1ccc(F)cc1)/C(=N\O)C(C)C. The third-order valence-electron chi connectivity index (χ3n) is 2.31. The lowest BCUT2D eigenvalue weighted by molar-refractivity contribution is 0.316. The van der Waals surface area contributed by atoms with E-state index in [2.05, 4.69) is 5.16 Å². The molecule has 0 atom stereocenters. The van der Waals surface area contributed by atoms with Crippen LogP contribution in [0.1, 0.15) is 26.3 Å². The smallest absolute Gasteiger partial charge is 0.123 e. The summed E-state index contributed by atoms with van der Waals surface area (Å²) < 4.78 is 12.7. The minimum Gasteiger partial charge on any atom is -0.411 e. The fourth-order valence-electron chi connectivity index (χ4n) is 1.53. The topological polar surface area (TPSA) is 32.6 Å². The summed E-state index contributed by atoms with van der Waals surface area (Å²) in [6, 6.07) is 6.19. The second-order valence-corrected chi connectivity index (χ2v) is 4.02. The van der Waals surface area contributed by atoms with Crippen LogP contribution in [0.3, 0.4) is 0 Å². The number of oxime groups is 1. The summed E-state index contributed by atoms with van der Waals surface area (Å²) in [4.78, 5) is 0. The molecule has 0 saturated carbocycles. The van der Waals surface area contributed by atoms with E-state index >= 15 is 0 Å². The summed E-state index contributed by atoms with van der Waals surface area (Å²) in [6.07, 6.45) is 1.87. The molecule has 0 aliphatic rings. The van der Waals surface area contributed by atoms with Crippen molar-refractivity contribution in [3.05, 3.63) is 41.2 Å². The van der Waals surface area contributed by atoms with Crippen molar-refractivity contribution in [3.8, 4) is 0 Å². The van der Waals surface area contributed by atoms with Gasteiger partial charge in [0.05, 0.1) is 5.71 Å². The maximum absolute atomic E-state index is 12.7. The molecule has 0 fully saturated rings. The van der Waals surface area contributed by atoms with Gasteiger partial charge >= 0.3 is 0 Å². The van der Waals surface area contributed by atoms with Crippen molar-refractivity contribution in [3.63, 3.8) is 0 Å². The average Bonchev–Trinajstić information content (AvgIpc) is 2.22. The molecule has 0 aliphatic carbocycles. The zero-order valence-corrected chi connectivity index (χ0v) is 9.74. The molecule has 0 unspecified atom stereocenters. The van der Waals surface area contributed by atoms with Gasteiger partial charge in [-0.15, -0.1) is 0 Å². The second kappa shape index (κ2) is 5.45. The maximum Gasteiger partial charge on any atom is 0.123 e. The summed E-state index contributed by atoms with van der Waals surface area (Å²) in [6.45, 7) is 5.78. The minimum atomic E-state index is -0.255. The highest BCUT2D eigenvalue weighted by molar-refractivity contribution is 6.03. The Morgan fingerprint density at radius 2 is 1.88 bits per heavy atom. The largest absolute Gasteiger partial charge is 0.411 e. The number of allylic oxidation sites excluding steroid dienone is 1. The molecule has 0 spiro atoms. The van der Waals surface area contributed by atoms with Gasteiger partial charge < -0.3 is 5.21 Å². The zero-order chi connectivity index (χ0) is 12.1. The Balaban J connectivity index is 2.96. The van der Waals surface area contributed by atoms with Crippen LogP contribution in [0.25, 0.3) is 6.08 Å². The van der Waals surface area contributed by atoms with Gasteiger partial charge in [-0.2, -0.15) is 0 Å². The molecule has 0 radical (unpaired) electrons. The zero-order valence-electron chi connectivity index (χ0n) is 9.74. The van der Waals surface area contributed by atoms with Gasteiger partial charge in [0.15, 0.2) is 0 Å². The first-order chi connectivity index (χ1) is 7.54. The molecule has 1 N–H and O–H groups in total. The highest BCUT2D eigenvalue weighted by atomic mass is 19.1. The Morgan fingerprint density at radius 1 is 1.31 bits per heavy atom. The number of halogens is 1. The molecule has 2 nitrogen and oxygen atoms in total. The van der Waals surface area contributed by atoms with Crippen LogP contribution >= 0.6 is 0 Å². The van der Waals surface area contributed by atoms with Crippen LogP contribution in [0, 0.1) is 11.7 Å². The van der Waals surface area contributed by atoms with Crippen LogP contribution in [0.5, 0.6) is 0 Å². The number of nitrogens with zero attached hydrogens (tertiary/aromatic N) is 1. The molecular formula is C13H16FNO. The second-order valence-electron chi connectivity index (χ2n) is 4.02. The van der Waals surface area contributed by atoms with Crippen LogP contribution < -0.4 is 0 Å². The van der Waals surface area contributed by atoms with Gasteiger partial charge in [-0.3, -0.25) is 0 Å². The molecule has 0 aromatic heterocycles. The molecule has 1 aromatic rings. The predicted octanol–water partition coefficient (Wildman–Crippen LogP) is 3.72. The summed E-state index contributed by atoms with van der Waals surface area (Å²) in [5, 5.41) is 12.2. The van der Waals surface area contributed by atoms with Crippen LogP contribution in [-0.2, 0) is 0 Å². The van der Waals surface area contributed by atoms with E-state index in [-0.39, 0.29) is 11.7 Å². The molecule has 16 heavy (non-hydrogen) atoms. The standard InChI is InChI=1S/C13H16FNO/c1-9(2)13(15-16)10(3)8-11-4-6-12(14)7-5-11/h4-9,16H,1-3H3/b10-8+,15-13-. The summed E-state index contributed by atoms with van der Waals surface area (Å²) in [5.74, 6) is -0.101. The van der Waals surface area contributed by atoms with E-state index in [0.29, 0.717) is 5.71 Å². The van der Waals surface area contributed by atoms with Gasteiger partial charge in [-0.05, 0) is 36.1 Å². The van der Waals surface area contributed by atoms with E-state index in [9.17, 15) is 4.39 Å². The van der Waals surface area contributed by atoms with E-state index in [4.69, 9.17) is 5.21 Å². The lowest BCUT2D eigenvalue weighted by atomic mass is 9.99. The Labute approximate surface area is 95.1 Å². The molecule has 86 valence electrons. The van der Waals surface area contributed by atoms with Crippen molar-refractivity contribution in [1.82, 2.24) is 0 Å². The highest BCUT2D eigenvalue weighted by Crippen LogP contribution is 2.13. The van der Waals surface area contributed by atoms with E-state index < -0.39 is 0 Å². The fraction of sp³-hybridized carbons (Fsp3) is 0.308. The third-order valence-corrected chi connectivity index (χ3v) is 2.31. The summed E-state index contributed by atoms with van der Waals surface area (Å²) >= 11 is 0. The van der Waals surface area contributed by atoms with Gasteiger partial charge in [-0.25, -0.2) is 4.39 Å². The lowest BCUT2D eigenvalue weighted by Crippen LogP contribution is -2.08. The highest BCUT2D eigenvalue weighted by Gasteiger charge is 2.07. The minimum absolute atomic E-state index is 0.154. The summed E-state index contributed by atoms with van der Waals surface area (Å²) in [7, 11) is 0. The first kappa shape index (κ1) is 12.4. The van der Waals surface area contributed by atoms with Crippen molar-refractivity contribution < 1.29 is 9.60 Å².